The van der Waals surface area contributed by atoms with Gasteiger partial charge >= 0.3 is 0 Å². The lowest BCUT2D eigenvalue weighted by molar-refractivity contribution is 0.0943. The molecule has 6 heteroatoms. The molecule has 0 spiro atoms. The van der Waals surface area contributed by atoms with E-state index in [9.17, 15) is 13.2 Å². The number of rotatable bonds is 6. The molecule has 1 unspecified atom stereocenters. The van der Waals surface area contributed by atoms with Crippen LogP contribution in [-0.2, 0) is 10.0 Å². The van der Waals surface area contributed by atoms with Crippen LogP contribution in [-0.4, -0.2) is 27.6 Å². The molecule has 29 heavy (non-hydrogen) atoms. The molecule has 0 saturated carbocycles. The fourth-order valence-corrected chi connectivity index (χ4v) is 3.50. The molecule has 0 saturated heterocycles. The van der Waals surface area contributed by atoms with Crippen LogP contribution in [0.4, 0.5) is 5.69 Å². The van der Waals surface area contributed by atoms with Crippen molar-refractivity contribution < 1.29 is 13.2 Å². The molecule has 150 valence electrons. The van der Waals surface area contributed by atoms with Gasteiger partial charge in [-0.05, 0) is 42.3 Å². The molecule has 3 aromatic carbocycles. The Morgan fingerprint density at radius 2 is 1.41 bits per heavy atom. The fourth-order valence-electron chi connectivity index (χ4n) is 2.99. The summed E-state index contributed by atoms with van der Waals surface area (Å²) in [5.41, 5.74) is 4.09. The van der Waals surface area contributed by atoms with E-state index < -0.39 is 10.0 Å². The van der Waals surface area contributed by atoms with E-state index in [1.54, 1.807) is 24.3 Å². The molecule has 0 aliphatic heterocycles. The Kier molecular flexibility index (Phi) is 6.03. The summed E-state index contributed by atoms with van der Waals surface area (Å²) in [6.45, 7) is 2.02. The largest absolute Gasteiger partial charge is 0.341 e. The lowest BCUT2D eigenvalue weighted by Crippen LogP contribution is -2.29. The Morgan fingerprint density at radius 3 is 1.97 bits per heavy atom. The summed E-state index contributed by atoms with van der Waals surface area (Å²) < 4.78 is 24.5. The summed E-state index contributed by atoms with van der Waals surface area (Å²) in [6, 6.07) is 24.1. The molecular formula is C23H24N2O3S. The fraction of sp³-hybridized carbons (Fsp3) is 0.174. The molecule has 0 fully saturated rings. The second kappa shape index (κ2) is 8.49. The summed E-state index contributed by atoms with van der Waals surface area (Å²) in [5, 5.41) is 3.09. The van der Waals surface area contributed by atoms with Crippen LogP contribution in [0.5, 0.6) is 0 Å². The Hall–Kier alpha value is -3.12. The molecule has 5 nitrogen and oxygen atoms in total. The third-order valence-electron chi connectivity index (χ3n) is 4.81. The minimum atomic E-state index is -3.35. The van der Waals surface area contributed by atoms with Gasteiger partial charge in [0.2, 0.25) is 10.0 Å². The Labute approximate surface area is 172 Å². The van der Waals surface area contributed by atoms with E-state index in [-0.39, 0.29) is 11.9 Å². The second-order valence-corrected chi connectivity index (χ2v) is 9.02. The normalized spacial score (nSPS) is 12.2. The van der Waals surface area contributed by atoms with Gasteiger partial charge in [0.25, 0.3) is 5.91 Å². The van der Waals surface area contributed by atoms with Crippen LogP contribution in [0.1, 0.15) is 33.1 Å². The summed E-state index contributed by atoms with van der Waals surface area (Å²) in [7, 11) is -1.87. The highest BCUT2D eigenvalue weighted by atomic mass is 32.2. The molecule has 0 aliphatic rings. The van der Waals surface area contributed by atoms with Crippen LogP contribution in [0.3, 0.4) is 0 Å². The first kappa shape index (κ1) is 20.6. The van der Waals surface area contributed by atoms with Crippen molar-refractivity contribution in [2.45, 2.75) is 13.0 Å². The summed E-state index contributed by atoms with van der Waals surface area (Å²) in [5.74, 6) is -0.229. The van der Waals surface area contributed by atoms with E-state index in [1.165, 1.54) is 11.4 Å². The van der Waals surface area contributed by atoms with E-state index in [1.807, 2.05) is 61.5 Å². The van der Waals surface area contributed by atoms with Crippen molar-refractivity contribution >= 4 is 21.6 Å². The van der Waals surface area contributed by atoms with Crippen molar-refractivity contribution in [1.82, 2.24) is 5.32 Å². The zero-order valence-corrected chi connectivity index (χ0v) is 17.5. The molecule has 3 aromatic rings. The average Bonchev–Trinajstić information content (AvgIpc) is 2.72. The van der Waals surface area contributed by atoms with Gasteiger partial charge in [-0.3, -0.25) is 9.10 Å². The van der Waals surface area contributed by atoms with Gasteiger partial charge < -0.3 is 5.32 Å². The summed E-state index contributed by atoms with van der Waals surface area (Å²) in [6.07, 6.45) is 1.14. The number of amides is 1. The maximum atomic E-state index is 12.9. The molecule has 0 aromatic heterocycles. The molecule has 0 heterocycles. The highest BCUT2D eigenvalue weighted by molar-refractivity contribution is 7.92. The second-order valence-electron chi connectivity index (χ2n) is 7.01. The number of nitrogens with zero attached hydrogens (tertiary/aromatic N) is 1. The highest BCUT2D eigenvalue weighted by Crippen LogP contribution is 2.23. The van der Waals surface area contributed by atoms with Gasteiger partial charge in [-0.15, -0.1) is 0 Å². The van der Waals surface area contributed by atoms with Crippen LogP contribution in [0.25, 0.3) is 0 Å². The topological polar surface area (TPSA) is 66.5 Å². The molecule has 3 rings (SSSR count). The minimum absolute atomic E-state index is 0.229. The number of benzene rings is 3. The summed E-state index contributed by atoms with van der Waals surface area (Å²) >= 11 is 0. The molecular weight excluding hydrogens is 384 g/mol. The van der Waals surface area contributed by atoms with Crippen molar-refractivity contribution in [3.63, 3.8) is 0 Å². The molecule has 0 bridgehead atoms. The van der Waals surface area contributed by atoms with Gasteiger partial charge in [-0.1, -0.05) is 60.2 Å². The number of aryl methyl sites for hydroxylation is 1. The number of carbonyl (C=O) groups excluding carboxylic acids is 1. The number of hydrogen-bond acceptors (Lipinski definition) is 3. The number of nitrogens with one attached hydrogen (secondary N) is 1. The Bertz CT molecular complexity index is 1080. The Balaban J connectivity index is 1.86. The number of anilines is 1. The van der Waals surface area contributed by atoms with Crippen LogP contribution in [0.15, 0.2) is 78.9 Å². The van der Waals surface area contributed by atoms with Crippen molar-refractivity contribution in [2.24, 2.45) is 0 Å². The maximum Gasteiger partial charge on any atom is 0.252 e. The summed E-state index contributed by atoms with van der Waals surface area (Å²) in [4.78, 5) is 12.9. The number of sulfonamides is 1. The predicted molar refractivity (Wildman–Crippen MR) is 117 cm³/mol. The smallest absolute Gasteiger partial charge is 0.252 e. The first-order chi connectivity index (χ1) is 13.8. The third kappa shape index (κ3) is 5.03. The zero-order valence-electron chi connectivity index (χ0n) is 16.7. The Morgan fingerprint density at radius 1 is 0.862 bits per heavy atom. The van der Waals surface area contributed by atoms with Gasteiger partial charge in [0.05, 0.1) is 18.0 Å². The molecule has 1 N–H and O–H groups in total. The average molecular weight is 409 g/mol. The van der Waals surface area contributed by atoms with E-state index in [2.05, 4.69) is 5.32 Å². The molecule has 0 radical (unpaired) electrons. The number of carbonyl (C=O) groups is 1. The first-order valence-electron chi connectivity index (χ1n) is 9.22. The van der Waals surface area contributed by atoms with Crippen molar-refractivity contribution in [3.05, 3.63) is 101 Å². The zero-order chi connectivity index (χ0) is 21.0. The van der Waals surface area contributed by atoms with Crippen LogP contribution in [0, 0.1) is 6.92 Å². The van der Waals surface area contributed by atoms with Gasteiger partial charge in [-0.25, -0.2) is 8.42 Å². The van der Waals surface area contributed by atoms with Crippen molar-refractivity contribution in [2.75, 3.05) is 17.6 Å². The van der Waals surface area contributed by atoms with Gasteiger partial charge in [0.15, 0.2) is 0 Å². The molecule has 0 aliphatic carbocycles. The SMILES string of the molecule is Cc1ccc(C(NC(=O)c2ccc(N(C)S(C)(=O)=O)cc2)c2ccccc2)cc1. The quantitative estimate of drug-likeness (QED) is 0.672. The predicted octanol–water partition coefficient (Wildman–Crippen LogP) is 3.91. The third-order valence-corrected chi connectivity index (χ3v) is 6.02. The molecule has 1 amide bonds. The highest BCUT2D eigenvalue weighted by Gasteiger charge is 2.18. The maximum absolute atomic E-state index is 12.9. The van der Waals surface area contributed by atoms with Gasteiger partial charge in [-0.2, -0.15) is 0 Å². The molecule has 1 atom stereocenters. The lowest BCUT2D eigenvalue weighted by atomic mass is 9.97. The first-order valence-corrected chi connectivity index (χ1v) is 11.1. The van der Waals surface area contributed by atoms with E-state index in [0.29, 0.717) is 11.3 Å². The van der Waals surface area contributed by atoms with Crippen LogP contribution < -0.4 is 9.62 Å². The van der Waals surface area contributed by atoms with Crippen LogP contribution in [0.2, 0.25) is 0 Å². The number of hydrogen-bond donors (Lipinski definition) is 1. The standard InChI is InChI=1S/C23H24N2O3S/c1-17-9-11-19(12-10-17)22(18-7-5-4-6-8-18)24-23(26)20-13-15-21(16-14-20)25(2)29(3,27)28/h4-16,22H,1-3H3,(H,24,26). The van der Waals surface area contributed by atoms with Gasteiger partial charge in [0, 0.05) is 12.6 Å². The van der Waals surface area contributed by atoms with E-state index in [0.717, 1.165) is 22.9 Å². The minimum Gasteiger partial charge on any atom is -0.341 e. The lowest BCUT2D eigenvalue weighted by Gasteiger charge is -2.21. The van der Waals surface area contributed by atoms with Crippen molar-refractivity contribution in [1.29, 1.82) is 0 Å². The monoisotopic (exact) mass is 408 g/mol. The van der Waals surface area contributed by atoms with Gasteiger partial charge in [0.1, 0.15) is 0 Å². The van der Waals surface area contributed by atoms with Crippen molar-refractivity contribution in [3.8, 4) is 0 Å². The van der Waals surface area contributed by atoms with Crippen LogP contribution >= 0.6 is 0 Å². The van der Waals surface area contributed by atoms with E-state index >= 15 is 0 Å². The van der Waals surface area contributed by atoms with E-state index in [4.69, 9.17) is 0 Å².